The van der Waals surface area contributed by atoms with Crippen molar-refractivity contribution in [1.82, 2.24) is 20.2 Å². The van der Waals surface area contributed by atoms with Gasteiger partial charge in [-0.15, -0.1) is 16.7 Å². The Bertz CT molecular complexity index is 440. The third-order valence-electron chi connectivity index (χ3n) is 2.47. The number of halogens is 1. The van der Waals surface area contributed by atoms with Crippen LogP contribution in [0.1, 0.15) is 24.4 Å². The zero-order chi connectivity index (χ0) is 11.4. The normalized spacial score (nSPS) is 12.6. The summed E-state index contributed by atoms with van der Waals surface area (Å²) >= 11 is 5.76. The molecule has 1 heterocycles. The summed E-state index contributed by atoms with van der Waals surface area (Å²) in [5.41, 5.74) is 1.27. The maximum atomic E-state index is 5.76. The molecule has 2 aromatic rings. The van der Waals surface area contributed by atoms with Gasteiger partial charge in [-0.25, -0.2) is 4.68 Å². The van der Waals surface area contributed by atoms with E-state index in [2.05, 4.69) is 34.6 Å². The molecule has 0 radical (unpaired) electrons. The fourth-order valence-corrected chi connectivity index (χ4v) is 1.86. The van der Waals surface area contributed by atoms with Crippen molar-refractivity contribution in [2.24, 2.45) is 0 Å². The lowest BCUT2D eigenvalue weighted by Gasteiger charge is -2.12. The number of aromatic nitrogens is 4. The minimum Gasteiger partial charge on any atom is -0.225 e. The number of alkyl halides is 1. The summed E-state index contributed by atoms with van der Waals surface area (Å²) < 4.78 is 1.78. The van der Waals surface area contributed by atoms with Crippen molar-refractivity contribution in [2.45, 2.75) is 25.3 Å². The van der Waals surface area contributed by atoms with Gasteiger partial charge >= 0.3 is 0 Å². The van der Waals surface area contributed by atoms with Gasteiger partial charge in [-0.05, 0) is 29.3 Å². The molecule has 0 saturated heterocycles. The molecular formula is C11H13ClN4. The first-order chi connectivity index (χ1) is 7.81. The SMILES string of the molecule is CC(Cc1ccccc1)n1nnnc1CCl. The maximum absolute atomic E-state index is 5.76. The Balaban J connectivity index is 2.11. The minimum absolute atomic E-state index is 0.214. The van der Waals surface area contributed by atoms with Crippen LogP contribution in [0.25, 0.3) is 0 Å². The van der Waals surface area contributed by atoms with Gasteiger partial charge in [0.25, 0.3) is 0 Å². The van der Waals surface area contributed by atoms with Gasteiger partial charge in [-0.1, -0.05) is 30.3 Å². The van der Waals surface area contributed by atoms with Crippen LogP contribution in [0, 0.1) is 0 Å². The van der Waals surface area contributed by atoms with Gasteiger partial charge in [-0.2, -0.15) is 0 Å². The zero-order valence-corrected chi connectivity index (χ0v) is 9.80. The highest BCUT2D eigenvalue weighted by Crippen LogP contribution is 2.14. The van der Waals surface area contributed by atoms with E-state index in [0.29, 0.717) is 11.7 Å². The highest BCUT2D eigenvalue weighted by molar-refractivity contribution is 6.16. The maximum Gasteiger partial charge on any atom is 0.166 e. The van der Waals surface area contributed by atoms with Crippen LogP contribution >= 0.6 is 11.6 Å². The van der Waals surface area contributed by atoms with Crippen LogP contribution in [0.15, 0.2) is 30.3 Å². The molecule has 0 saturated carbocycles. The van der Waals surface area contributed by atoms with Gasteiger partial charge in [0.1, 0.15) is 0 Å². The third-order valence-corrected chi connectivity index (χ3v) is 2.71. The molecule has 0 aliphatic heterocycles. The molecule has 1 unspecified atom stereocenters. The Hall–Kier alpha value is -1.42. The fourth-order valence-electron chi connectivity index (χ4n) is 1.68. The monoisotopic (exact) mass is 236 g/mol. The van der Waals surface area contributed by atoms with Gasteiger partial charge in [0.2, 0.25) is 0 Å². The Morgan fingerprint density at radius 1 is 1.31 bits per heavy atom. The molecule has 16 heavy (non-hydrogen) atoms. The topological polar surface area (TPSA) is 43.6 Å². The number of benzene rings is 1. The first-order valence-corrected chi connectivity index (χ1v) is 5.71. The summed E-state index contributed by atoms with van der Waals surface area (Å²) in [5, 5.41) is 11.5. The van der Waals surface area contributed by atoms with Gasteiger partial charge in [0.15, 0.2) is 5.82 Å². The van der Waals surface area contributed by atoms with E-state index in [1.54, 1.807) is 4.68 Å². The van der Waals surface area contributed by atoms with Crippen LogP contribution in [-0.2, 0) is 12.3 Å². The average Bonchev–Trinajstić information content (AvgIpc) is 2.78. The lowest BCUT2D eigenvalue weighted by atomic mass is 10.1. The molecule has 4 nitrogen and oxygen atoms in total. The standard InChI is InChI=1S/C11H13ClN4/c1-9(7-10-5-3-2-4-6-10)16-11(8-12)13-14-15-16/h2-6,9H,7-8H2,1H3. The molecular weight excluding hydrogens is 224 g/mol. The number of tetrazole rings is 1. The van der Waals surface area contributed by atoms with E-state index in [9.17, 15) is 0 Å². The number of rotatable bonds is 4. The second-order valence-electron chi connectivity index (χ2n) is 3.71. The van der Waals surface area contributed by atoms with E-state index in [1.165, 1.54) is 5.56 Å². The van der Waals surface area contributed by atoms with E-state index in [1.807, 2.05) is 18.2 Å². The van der Waals surface area contributed by atoms with Gasteiger partial charge in [-0.3, -0.25) is 0 Å². The van der Waals surface area contributed by atoms with Crippen LogP contribution in [-0.4, -0.2) is 20.2 Å². The lowest BCUT2D eigenvalue weighted by molar-refractivity contribution is 0.463. The molecule has 0 spiro atoms. The first kappa shape index (κ1) is 11.1. The molecule has 1 atom stereocenters. The van der Waals surface area contributed by atoms with Crippen LogP contribution in [0.3, 0.4) is 0 Å². The van der Waals surface area contributed by atoms with E-state index in [0.717, 1.165) is 6.42 Å². The Kier molecular flexibility index (Phi) is 3.51. The molecule has 0 fully saturated rings. The number of hydrogen-bond donors (Lipinski definition) is 0. The highest BCUT2D eigenvalue weighted by Gasteiger charge is 2.12. The van der Waals surface area contributed by atoms with E-state index in [-0.39, 0.29) is 6.04 Å². The molecule has 1 aromatic carbocycles. The Labute approximate surface area is 99.2 Å². The Morgan fingerprint density at radius 2 is 2.06 bits per heavy atom. The molecule has 5 heteroatoms. The number of nitrogens with zero attached hydrogens (tertiary/aromatic N) is 4. The summed E-state index contributed by atoms with van der Waals surface area (Å²) in [4.78, 5) is 0. The zero-order valence-electron chi connectivity index (χ0n) is 9.05. The molecule has 0 bridgehead atoms. The van der Waals surface area contributed by atoms with Crippen molar-refractivity contribution >= 4 is 11.6 Å². The summed E-state index contributed by atoms with van der Waals surface area (Å²) in [6, 6.07) is 10.5. The molecule has 84 valence electrons. The van der Waals surface area contributed by atoms with Crippen molar-refractivity contribution in [3.63, 3.8) is 0 Å². The Morgan fingerprint density at radius 3 is 2.75 bits per heavy atom. The van der Waals surface area contributed by atoms with Crippen molar-refractivity contribution < 1.29 is 0 Å². The lowest BCUT2D eigenvalue weighted by Crippen LogP contribution is -2.12. The molecule has 0 N–H and O–H groups in total. The second kappa shape index (κ2) is 5.07. The molecule has 0 aliphatic carbocycles. The molecule has 0 amide bonds. The van der Waals surface area contributed by atoms with Gasteiger partial charge in [0.05, 0.1) is 11.9 Å². The molecule has 0 aliphatic rings. The van der Waals surface area contributed by atoms with Crippen molar-refractivity contribution in [3.05, 3.63) is 41.7 Å². The van der Waals surface area contributed by atoms with Crippen molar-refractivity contribution in [3.8, 4) is 0 Å². The van der Waals surface area contributed by atoms with Crippen LogP contribution in [0.2, 0.25) is 0 Å². The van der Waals surface area contributed by atoms with Crippen LogP contribution in [0.5, 0.6) is 0 Å². The average molecular weight is 237 g/mol. The summed E-state index contributed by atoms with van der Waals surface area (Å²) in [6.45, 7) is 2.08. The summed E-state index contributed by atoms with van der Waals surface area (Å²) in [5.74, 6) is 1.05. The highest BCUT2D eigenvalue weighted by atomic mass is 35.5. The first-order valence-electron chi connectivity index (χ1n) is 5.18. The third kappa shape index (κ3) is 2.39. The predicted octanol–water partition coefficient (Wildman–Crippen LogP) is 2.22. The second-order valence-corrected chi connectivity index (χ2v) is 3.98. The van der Waals surface area contributed by atoms with E-state index >= 15 is 0 Å². The molecule has 2 rings (SSSR count). The van der Waals surface area contributed by atoms with Crippen molar-refractivity contribution in [1.29, 1.82) is 0 Å². The largest absolute Gasteiger partial charge is 0.225 e. The summed E-state index contributed by atoms with van der Waals surface area (Å²) in [7, 11) is 0. The van der Waals surface area contributed by atoms with E-state index < -0.39 is 0 Å². The molecule has 1 aromatic heterocycles. The smallest absolute Gasteiger partial charge is 0.166 e. The minimum atomic E-state index is 0.214. The number of hydrogen-bond acceptors (Lipinski definition) is 3. The summed E-state index contributed by atoms with van der Waals surface area (Å²) in [6.07, 6.45) is 0.899. The fraction of sp³-hybridized carbons (Fsp3) is 0.364. The van der Waals surface area contributed by atoms with Gasteiger partial charge < -0.3 is 0 Å². The van der Waals surface area contributed by atoms with Crippen molar-refractivity contribution in [2.75, 3.05) is 0 Å². The van der Waals surface area contributed by atoms with Gasteiger partial charge in [0, 0.05) is 0 Å². The predicted molar refractivity (Wildman–Crippen MR) is 62.2 cm³/mol. The van der Waals surface area contributed by atoms with Crippen LogP contribution < -0.4 is 0 Å². The van der Waals surface area contributed by atoms with Crippen LogP contribution in [0.4, 0.5) is 0 Å². The quantitative estimate of drug-likeness (QED) is 0.765. The van der Waals surface area contributed by atoms with E-state index in [4.69, 9.17) is 11.6 Å².